The van der Waals surface area contributed by atoms with E-state index in [0.29, 0.717) is 16.5 Å². The molecule has 0 fully saturated rings. The minimum absolute atomic E-state index is 0.00524. The largest absolute Gasteiger partial charge is 0.278 e. The molecule has 0 aliphatic heterocycles. The van der Waals surface area contributed by atoms with Crippen LogP contribution in [0.5, 0.6) is 0 Å². The lowest BCUT2D eigenvalue weighted by Gasteiger charge is -2.16. The van der Waals surface area contributed by atoms with Gasteiger partial charge in [-0.15, -0.1) is 5.10 Å². The summed E-state index contributed by atoms with van der Waals surface area (Å²) in [6.45, 7) is 8.44. The zero-order valence-corrected chi connectivity index (χ0v) is 23.3. The molecule has 1 aromatic carbocycles. The number of rotatable bonds is 14. The van der Waals surface area contributed by atoms with Crippen molar-refractivity contribution in [3.8, 4) is 11.4 Å². The van der Waals surface area contributed by atoms with Crippen molar-refractivity contribution in [1.82, 2.24) is 19.8 Å². The fourth-order valence-corrected chi connectivity index (χ4v) is 6.35. The van der Waals surface area contributed by atoms with Crippen LogP contribution in [0.15, 0.2) is 24.3 Å². The molecule has 3 aromatic rings. The van der Waals surface area contributed by atoms with Crippen molar-refractivity contribution in [2.45, 2.75) is 103 Å². The van der Waals surface area contributed by atoms with Gasteiger partial charge in [0.05, 0.1) is 17.2 Å². The summed E-state index contributed by atoms with van der Waals surface area (Å²) < 4.78 is 27.3. The van der Waals surface area contributed by atoms with Crippen molar-refractivity contribution in [2.75, 3.05) is 5.75 Å². The van der Waals surface area contributed by atoms with Gasteiger partial charge < -0.3 is 0 Å². The molecule has 1 N–H and O–H groups in total. The van der Waals surface area contributed by atoms with E-state index in [9.17, 15) is 8.42 Å². The summed E-state index contributed by atoms with van der Waals surface area (Å²) in [5.41, 5.74) is 2.70. The van der Waals surface area contributed by atoms with Gasteiger partial charge >= 0.3 is 0 Å². The Morgan fingerprint density at radius 2 is 1.54 bits per heavy atom. The van der Waals surface area contributed by atoms with Gasteiger partial charge in [-0.1, -0.05) is 121 Å². The molecule has 0 unspecified atom stereocenters. The van der Waals surface area contributed by atoms with Crippen molar-refractivity contribution < 1.29 is 8.42 Å². The third-order valence-corrected chi connectivity index (χ3v) is 8.45. The van der Waals surface area contributed by atoms with Crippen LogP contribution < -0.4 is 0 Å². The predicted octanol–water partition coefficient (Wildman–Crippen LogP) is 7.51. The summed E-state index contributed by atoms with van der Waals surface area (Å²) in [5.74, 6) is 0.688. The quantitative estimate of drug-likeness (QED) is 0.223. The highest BCUT2D eigenvalue weighted by Gasteiger charge is 2.25. The second-order valence-electron chi connectivity index (χ2n) is 10.7. The zero-order valence-electron chi connectivity index (χ0n) is 21.7. The number of fused-ring (bicyclic) bond motifs is 1. The van der Waals surface area contributed by atoms with Gasteiger partial charge in [-0.3, -0.25) is 5.10 Å². The van der Waals surface area contributed by atoms with Crippen molar-refractivity contribution in [1.29, 1.82) is 0 Å². The number of aromatic nitrogens is 4. The van der Waals surface area contributed by atoms with Gasteiger partial charge in [0.2, 0.25) is 0 Å². The predicted molar refractivity (Wildman–Crippen MR) is 146 cm³/mol. The standard InChI is InChI=1S/C27H41ClN4O2S/c1-5-6-7-8-9-10-11-12-13-16-19-35(33,34)20-21-17-14-15-18-22(21)25-29-26-23(28)24(27(2,3)4)30-32(26)31-25/h14-15,17-18,30H,5-13,16,19-20H2,1-4H3. The smallest absolute Gasteiger partial charge is 0.194 e. The summed E-state index contributed by atoms with van der Waals surface area (Å²) in [4.78, 5) is 4.63. The highest BCUT2D eigenvalue weighted by atomic mass is 35.5. The minimum atomic E-state index is -3.22. The highest BCUT2D eigenvalue weighted by molar-refractivity contribution is 7.90. The van der Waals surface area contributed by atoms with Crippen LogP contribution in [0.25, 0.3) is 17.0 Å². The molecule has 0 aliphatic carbocycles. The SMILES string of the molecule is CCCCCCCCCCCCS(=O)(=O)Cc1ccccc1-c1nc2c(Cl)c(C(C)(C)C)[nH]n2n1. The molecule has 194 valence electrons. The third-order valence-electron chi connectivity index (χ3n) is 6.43. The maximum absolute atomic E-state index is 12.9. The Kier molecular flexibility index (Phi) is 9.82. The van der Waals surface area contributed by atoms with Crippen LogP contribution in [0, 0.1) is 0 Å². The Morgan fingerprint density at radius 1 is 0.943 bits per heavy atom. The molecule has 8 heteroatoms. The van der Waals surface area contributed by atoms with Crippen molar-refractivity contribution in [2.24, 2.45) is 0 Å². The van der Waals surface area contributed by atoms with E-state index in [-0.39, 0.29) is 16.9 Å². The summed E-state index contributed by atoms with van der Waals surface area (Å²) in [7, 11) is -3.22. The zero-order chi connectivity index (χ0) is 25.5. The number of aromatic amines is 1. The number of H-pyrrole nitrogens is 1. The topological polar surface area (TPSA) is 80.1 Å². The number of nitrogens with one attached hydrogen (secondary N) is 1. The van der Waals surface area contributed by atoms with E-state index < -0.39 is 9.84 Å². The highest BCUT2D eigenvalue weighted by Crippen LogP contribution is 2.32. The molecule has 3 rings (SSSR count). The fraction of sp³-hybridized carbons (Fsp3) is 0.630. The number of hydrogen-bond acceptors (Lipinski definition) is 4. The fourth-order valence-electron chi connectivity index (χ4n) is 4.39. The summed E-state index contributed by atoms with van der Waals surface area (Å²) in [6.07, 6.45) is 11.8. The average molecular weight is 521 g/mol. The third kappa shape index (κ3) is 7.81. The van der Waals surface area contributed by atoms with E-state index in [4.69, 9.17) is 11.6 Å². The van der Waals surface area contributed by atoms with E-state index >= 15 is 0 Å². The van der Waals surface area contributed by atoms with Gasteiger partial charge in [-0.25, -0.2) is 13.4 Å². The first kappa shape index (κ1) is 27.7. The van der Waals surface area contributed by atoms with Crippen molar-refractivity contribution in [3.63, 3.8) is 0 Å². The molecule has 0 bridgehead atoms. The van der Waals surface area contributed by atoms with E-state index in [1.165, 1.54) is 44.9 Å². The monoisotopic (exact) mass is 520 g/mol. The molecule has 2 aromatic heterocycles. The van der Waals surface area contributed by atoms with Crippen molar-refractivity contribution in [3.05, 3.63) is 40.5 Å². The number of halogens is 1. The summed E-state index contributed by atoms with van der Waals surface area (Å²) in [6, 6.07) is 7.47. The summed E-state index contributed by atoms with van der Waals surface area (Å²) in [5, 5.41) is 8.33. The van der Waals surface area contributed by atoms with Crippen LogP contribution in [0.4, 0.5) is 0 Å². The molecular weight excluding hydrogens is 480 g/mol. The van der Waals surface area contributed by atoms with Gasteiger partial charge in [0.25, 0.3) is 0 Å². The molecule has 6 nitrogen and oxygen atoms in total. The van der Waals surface area contributed by atoms with Gasteiger partial charge in [0.15, 0.2) is 21.3 Å². The molecule has 0 radical (unpaired) electrons. The van der Waals surface area contributed by atoms with E-state index in [2.05, 4.69) is 42.9 Å². The second-order valence-corrected chi connectivity index (χ2v) is 13.2. The molecule has 0 amide bonds. The van der Waals surface area contributed by atoms with Gasteiger partial charge in [-0.05, 0) is 12.0 Å². The molecule has 35 heavy (non-hydrogen) atoms. The maximum Gasteiger partial charge on any atom is 0.194 e. The van der Waals surface area contributed by atoms with E-state index in [1.807, 2.05) is 24.3 Å². The molecule has 0 saturated carbocycles. The first-order chi connectivity index (χ1) is 16.6. The average Bonchev–Trinajstić information content (AvgIpc) is 3.34. The second kappa shape index (κ2) is 12.4. The number of unbranched alkanes of at least 4 members (excludes halogenated alkanes) is 9. The Hall–Kier alpha value is -1.86. The summed E-state index contributed by atoms with van der Waals surface area (Å²) >= 11 is 6.57. The number of hydrogen-bond donors (Lipinski definition) is 1. The first-order valence-corrected chi connectivity index (χ1v) is 15.3. The van der Waals surface area contributed by atoms with Crippen LogP contribution in [-0.2, 0) is 21.0 Å². The Labute approximate surface area is 215 Å². The number of sulfone groups is 1. The number of nitrogens with zero attached hydrogens (tertiary/aromatic N) is 3. The Morgan fingerprint density at radius 3 is 2.14 bits per heavy atom. The van der Waals surface area contributed by atoms with Crippen LogP contribution in [0.1, 0.15) is 103 Å². The molecule has 0 atom stereocenters. The normalized spacial score (nSPS) is 12.6. The molecule has 0 aliphatic rings. The minimum Gasteiger partial charge on any atom is -0.278 e. The number of benzene rings is 1. The van der Waals surface area contributed by atoms with Crippen LogP contribution in [0.3, 0.4) is 0 Å². The van der Waals surface area contributed by atoms with E-state index in [0.717, 1.165) is 36.1 Å². The first-order valence-electron chi connectivity index (χ1n) is 13.1. The lowest BCUT2D eigenvalue weighted by molar-refractivity contribution is 0.557. The molecule has 0 spiro atoms. The lowest BCUT2D eigenvalue weighted by atomic mass is 9.92. The maximum atomic E-state index is 12.9. The lowest BCUT2D eigenvalue weighted by Crippen LogP contribution is -2.13. The van der Waals surface area contributed by atoms with Crippen LogP contribution in [-0.4, -0.2) is 34.0 Å². The Balaban J connectivity index is 1.57. The van der Waals surface area contributed by atoms with Crippen LogP contribution >= 0.6 is 11.6 Å². The van der Waals surface area contributed by atoms with Gasteiger partial charge in [-0.2, -0.15) is 4.63 Å². The van der Waals surface area contributed by atoms with Crippen molar-refractivity contribution >= 4 is 27.1 Å². The molecule has 0 saturated heterocycles. The Bertz CT molecular complexity index is 1190. The molecule has 2 heterocycles. The van der Waals surface area contributed by atoms with E-state index in [1.54, 1.807) is 4.63 Å². The molecular formula is C27H41ClN4O2S. The van der Waals surface area contributed by atoms with Gasteiger partial charge in [0, 0.05) is 11.0 Å². The van der Waals surface area contributed by atoms with Crippen LogP contribution in [0.2, 0.25) is 5.02 Å². The van der Waals surface area contributed by atoms with Gasteiger partial charge in [0.1, 0.15) is 5.02 Å².